The van der Waals surface area contributed by atoms with Crippen LogP contribution in [0.1, 0.15) is 15.2 Å². The van der Waals surface area contributed by atoms with Gasteiger partial charge in [-0.1, -0.05) is 24.3 Å². The van der Waals surface area contributed by atoms with Crippen molar-refractivity contribution >= 4 is 23.2 Å². The Balaban J connectivity index is 2.12. The van der Waals surface area contributed by atoms with Crippen LogP contribution in [0.25, 0.3) is 6.08 Å². The van der Waals surface area contributed by atoms with Crippen LogP contribution in [-0.2, 0) is 0 Å². The molecule has 1 aromatic carbocycles. The fourth-order valence-electron chi connectivity index (χ4n) is 1.42. The van der Waals surface area contributed by atoms with E-state index in [1.807, 2.05) is 41.8 Å². The fourth-order valence-corrected chi connectivity index (χ4v) is 2.06. The number of allylic oxidation sites excluding steroid dienone is 1. The quantitative estimate of drug-likeness (QED) is 0.606. The van der Waals surface area contributed by atoms with Gasteiger partial charge in [-0.15, -0.1) is 11.3 Å². The lowest BCUT2D eigenvalue weighted by Crippen LogP contribution is -1.89. The molecule has 0 fully saturated rings. The van der Waals surface area contributed by atoms with Crippen molar-refractivity contribution in [1.29, 1.82) is 0 Å². The number of hydrogen-bond donors (Lipinski definition) is 0. The maximum atomic E-state index is 11.7. The first-order chi connectivity index (χ1) is 8.29. The van der Waals surface area contributed by atoms with Crippen LogP contribution in [0.4, 0.5) is 0 Å². The summed E-state index contributed by atoms with van der Waals surface area (Å²) in [6.45, 7) is 0. The second-order valence-electron chi connectivity index (χ2n) is 3.45. The lowest BCUT2D eigenvalue weighted by Gasteiger charge is -1.99. The second kappa shape index (κ2) is 5.46. The number of ether oxygens (including phenoxy) is 1. The number of methoxy groups -OCH3 is 1. The molecule has 0 N–H and O–H groups in total. The van der Waals surface area contributed by atoms with Crippen LogP contribution in [0.3, 0.4) is 0 Å². The lowest BCUT2D eigenvalue weighted by molar-refractivity contribution is 0.105. The second-order valence-corrected chi connectivity index (χ2v) is 4.40. The standard InChI is InChI=1S/C14H12O2S/c1-16-12-5-2-4-11(10-12)7-8-13(15)14-6-3-9-17-14/h2-10H,1H3. The van der Waals surface area contributed by atoms with Crippen LogP contribution >= 0.6 is 11.3 Å². The minimum absolute atomic E-state index is 0.0304. The molecule has 0 aliphatic carbocycles. The zero-order valence-corrected chi connectivity index (χ0v) is 10.2. The molecule has 0 radical (unpaired) electrons. The van der Waals surface area contributed by atoms with E-state index in [9.17, 15) is 4.79 Å². The van der Waals surface area contributed by atoms with Gasteiger partial charge in [0.25, 0.3) is 0 Å². The summed E-state index contributed by atoms with van der Waals surface area (Å²) in [5.74, 6) is 0.818. The van der Waals surface area contributed by atoms with Gasteiger partial charge in [0.15, 0.2) is 5.78 Å². The van der Waals surface area contributed by atoms with Crippen LogP contribution < -0.4 is 4.74 Å². The Morgan fingerprint density at radius 3 is 2.88 bits per heavy atom. The van der Waals surface area contributed by atoms with Crippen LogP contribution in [0, 0.1) is 0 Å². The van der Waals surface area contributed by atoms with E-state index in [1.54, 1.807) is 19.3 Å². The third kappa shape index (κ3) is 3.04. The molecule has 2 rings (SSSR count). The van der Waals surface area contributed by atoms with Gasteiger partial charge in [-0.3, -0.25) is 4.79 Å². The van der Waals surface area contributed by atoms with Crippen LogP contribution in [0.2, 0.25) is 0 Å². The molecule has 2 nitrogen and oxygen atoms in total. The van der Waals surface area contributed by atoms with Crippen molar-refractivity contribution in [1.82, 2.24) is 0 Å². The smallest absolute Gasteiger partial charge is 0.195 e. The highest BCUT2D eigenvalue weighted by atomic mass is 32.1. The highest BCUT2D eigenvalue weighted by Gasteiger charge is 2.01. The average molecular weight is 244 g/mol. The van der Waals surface area contributed by atoms with Crippen molar-refractivity contribution in [2.75, 3.05) is 7.11 Å². The fraction of sp³-hybridized carbons (Fsp3) is 0.0714. The number of ketones is 1. The SMILES string of the molecule is COc1cccc(C=CC(=O)c2cccs2)c1. The summed E-state index contributed by atoms with van der Waals surface area (Å²) in [5, 5.41) is 1.90. The van der Waals surface area contributed by atoms with Crippen molar-refractivity contribution in [3.05, 3.63) is 58.3 Å². The first-order valence-electron chi connectivity index (χ1n) is 5.19. The molecule has 0 atom stereocenters. The minimum atomic E-state index is 0.0304. The Labute approximate surface area is 104 Å². The number of carbonyl (C=O) groups is 1. The largest absolute Gasteiger partial charge is 0.497 e. The average Bonchev–Trinajstić information content (AvgIpc) is 2.90. The summed E-state index contributed by atoms with van der Waals surface area (Å²) >= 11 is 1.45. The van der Waals surface area contributed by atoms with E-state index in [-0.39, 0.29) is 5.78 Å². The third-order valence-electron chi connectivity index (χ3n) is 2.28. The number of thiophene rings is 1. The first-order valence-corrected chi connectivity index (χ1v) is 6.07. The van der Waals surface area contributed by atoms with Gasteiger partial charge in [0.2, 0.25) is 0 Å². The summed E-state index contributed by atoms with van der Waals surface area (Å²) in [5.41, 5.74) is 0.953. The van der Waals surface area contributed by atoms with Gasteiger partial charge in [-0.25, -0.2) is 0 Å². The molecule has 0 saturated carbocycles. The molecule has 0 spiro atoms. The molecule has 0 bridgehead atoms. The van der Waals surface area contributed by atoms with Gasteiger partial charge in [-0.2, -0.15) is 0 Å². The number of carbonyl (C=O) groups excluding carboxylic acids is 1. The Hall–Kier alpha value is -1.87. The molecule has 0 unspecified atom stereocenters. The predicted octanol–water partition coefficient (Wildman–Crippen LogP) is 3.65. The van der Waals surface area contributed by atoms with E-state index in [2.05, 4.69) is 0 Å². The maximum absolute atomic E-state index is 11.7. The monoisotopic (exact) mass is 244 g/mol. The van der Waals surface area contributed by atoms with E-state index in [1.165, 1.54) is 11.3 Å². The normalized spacial score (nSPS) is 10.6. The Kier molecular flexibility index (Phi) is 3.73. The Morgan fingerprint density at radius 2 is 2.18 bits per heavy atom. The number of rotatable bonds is 4. The Bertz CT molecular complexity index is 527. The van der Waals surface area contributed by atoms with Crippen molar-refractivity contribution in [3.8, 4) is 5.75 Å². The van der Waals surface area contributed by atoms with E-state index < -0.39 is 0 Å². The predicted molar refractivity (Wildman–Crippen MR) is 70.7 cm³/mol. The highest BCUT2D eigenvalue weighted by molar-refractivity contribution is 7.12. The van der Waals surface area contributed by atoms with E-state index in [4.69, 9.17) is 4.74 Å². The van der Waals surface area contributed by atoms with Crippen LogP contribution in [0.5, 0.6) is 5.75 Å². The minimum Gasteiger partial charge on any atom is -0.497 e. The van der Waals surface area contributed by atoms with Crippen molar-refractivity contribution < 1.29 is 9.53 Å². The molecular weight excluding hydrogens is 232 g/mol. The topological polar surface area (TPSA) is 26.3 Å². The highest BCUT2D eigenvalue weighted by Crippen LogP contribution is 2.15. The Morgan fingerprint density at radius 1 is 1.29 bits per heavy atom. The maximum Gasteiger partial charge on any atom is 0.195 e. The molecule has 2 aromatic rings. The molecule has 1 heterocycles. The zero-order chi connectivity index (χ0) is 12.1. The van der Waals surface area contributed by atoms with E-state index in [0.717, 1.165) is 16.2 Å². The molecule has 3 heteroatoms. The molecule has 0 amide bonds. The van der Waals surface area contributed by atoms with Gasteiger partial charge < -0.3 is 4.74 Å². The summed E-state index contributed by atoms with van der Waals surface area (Å²) in [6.07, 6.45) is 3.38. The zero-order valence-electron chi connectivity index (χ0n) is 9.42. The molecule has 0 aliphatic rings. The molecule has 0 saturated heterocycles. The number of hydrogen-bond acceptors (Lipinski definition) is 3. The molecule has 1 aromatic heterocycles. The lowest BCUT2D eigenvalue weighted by atomic mass is 10.2. The summed E-state index contributed by atoms with van der Waals surface area (Å²) in [4.78, 5) is 12.5. The van der Waals surface area contributed by atoms with Gasteiger partial charge in [0.1, 0.15) is 5.75 Å². The first kappa shape index (κ1) is 11.6. The summed E-state index contributed by atoms with van der Waals surface area (Å²) in [7, 11) is 1.62. The molecule has 17 heavy (non-hydrogen) atoms. The third-order valence-corrected chi connectivity index (χ3v) is 3.17. The van der Waals surface area contributed by atoms with Gasteiger partial charge in [-0.05, 0) is 35.2 Å². The molecule has 86 valence electrons. The van der Waals surface area contributed by atoms with E-state index >= 15 is 0 Å². The van der Waals surface area contributed by atoms with Crippen LogP contribution in [-0.4, -0.2) is 12.9 Å². The van der Waals surface area contributed by atoms with Crippen molar-refractivity contribution in [2.24, 2.45) is 0 Å². The summed E-state index contributed by atoms with van der Waals surface area (Å²) in [6, 6.07) is 11.3. The van der Waals surface area contributed by atoms with Crippen molar-refractivity contribution in [3.63, 3.8) is 0 Å². The van der Waals surface area contributed by atoms with E-state index in [0.29, 0.717) is 0 Å². The molecular formula is C14H12O2S. The summed E-state index contributed by atoms with van der Waals surface area (Å²) < 4.78 is 5.12. The van der Waals surface area contributed by atoms with Crippen LogP contribution in [0.15, 0.2) is 47.9 Å². The van der Waals surface area contributed by atoms with Gasteiger partial charge in [0.05, 0.1) is 12.0 Å². The number of benzene rings is 1. The van der Waals surface area contributed by atoms with Crippen molar-refractivity contribution in [2.45, 2.75) is 0 Å². The molecule has 0 aliphatic heterocycles. The van der Waals surface area contributed by atoms with Gasteiger partial charge in [0, 0.05) is 0 Å². The van der Waals surface area contributed by atoms with Gasteiger partial charge >= 0.3 is 0 Å².